The first kappa shape index (κ1) is 16.5. The highest BCUT2D eigenvalue weighted by Gasteiger charge is 2.32. The molecular formula is C16H26N4O2. The van der Waals surface area contributed by atoms with E-state index in [9.17, 15) is 4.79 Å². The van der Waals surface area contributed by atoms with E-state index >= 15 is 0 Å². The predicted molar refractivity (Wildman–Crippen MR) is 86.1 cm³/mol. The van der Waals surface area contributed by atoms with Crippen LogP contribution in [-0.4, -0.2) is 52.7 Å². The summed E-state index contributed by atoms with van der Waals surface area (Å²) in [4.78, 5) is 24.9. The van der Waals surface area contributed by atoms with E-state index in [4.69, 9.17) is 4.74 Å². The molecule has 22 heavy (non-hydrogen) atoms. The largest absolute Gasteiger partial charge is 0.444 e. The van der Waals surface area contributed by atoms with Gasteiger partial charge in [0.05, 0.1) is 6.04 Å². The lowest BCUT2D eigenvalue weighted by atomic mass is 10.2. The number of aryl methyl sites for hydroxylation is 2. The van der Waals surface area contributed by atoms with Crippen LogP contribution in [0.1, 0.15) is 38.6 Å². The lowest BCUT2D eigenvalue weighted by molar-refractivity contribution is 0.0292. The zero-order chi connectivity index (χ0) is 16.5. The monoisotopic (exact) mass is 306 g/mol. The van der Waals surface area contributed by atoms with Gasteiger partial charge in [-0.2, -0.15) is 0 Å². The van der Waals surface area contributed by atoms with Gasteiger partial charge in [0.1, 0.15) is 5.60 Å². The molecule has 0 unspecified atom stereocenters. The number of rotatable bonds is 2. The average Bonchev–Trinajstić information content (AvgIpc) is 2.84. The Morgan fingerprint density at radius 3 is 2.45 bits per heavy atom. The van der Waals surface area contributed by atoms with Gasteiger partial charge in [-0.1, -0.05) is 0 Å². The molecular weight excluding hydrogens is 280 g/mol. The molecule has 1 fully saturated rings. The van der Waals surface area contributed by atoms with Crippen molar-refractivity contribution in [1.82, 2.24) is 14.9 Å². The first-order valence-electron chi connectivity index (χ1n) is 7.69. The number of carbonyl (C=O) groups is 1. The minimum absolute atomic E-state index is 0.216. The van der Waals surface area contributed by atoms with E-state index in [0.29, 0.717) is 19.0 Å². The van der Waals surface area contributed by atoms with Gasteiger partial charge in [0, 0.05) is 31.5 Å². The molecule has 122 valence electrons. The predicted octanol–water partition coefficient (Wildman–Crippen LogP) is 2.54. The van der Waals surface area contributed by atoms with Crippen LogP contribution < -0.4 is 4.90 Å². The molecule has 6 nitrogen and oxygen atoms in total. The molecule has 1 atom stereocenters. The summed E-state index contributed by atoms with van der Waals surface area (Å²) in [7, 11) is 1.98. The fourth-order valence-electron chi connectivity index (χ4n) is 2.58. The van der Waals surface area contributed by atoms with Crippen LogP contribution in [0.3, 0.4) is 0 Å². The molecule has 1 saturated heterocycles. The number of anilines is 1. The van der Waals surface area contributed by atoms with Crippen molar-refractivity contribution in [2.45, 2.75) is 52.7 Å². The Bertz CT molecular complexity index is 533. The van der Waals surface area contributed by atoms with Crippen LogP contribution >= 0.6 is 0 Å². The highest BCUT2D eigenvalue weighted by molar-refractivity contribution is 5.68. The van der Waals surface area contributed by atoms with Gasteiger partial charge in [0.25, 0.3) is 0 Å². The highest BCUT2D eigenvalue weighted by atomic mass is 16.6. The lowest BCUT2D eigenvalue weighted by Gasteiger charge is -2.27. The second kappa shape index (κ2) is 6.10. The standard InChI is InChI=1S/C16H26N4O2/c1-11-9-12(2)18-14(17-11)19(6)13-7-8-20(10-13)15(21)22-16(3,4)5/h9,13H,7-8,10H2,1-6H3/t13-/m0/s1. The van der Waals surface area contributed by atoms with Gasteiger partial charge in [-0.25, -0.2) is 14.8 Å². The summed E-state index contributed by atoms with van der Waals surface area (Å²) in [5.41, 5.74) is 1.45. The number of aromatic nitrogens is 2. The van der Waals surface area contributed by atoms with Gasteiger partial charge in [-0.15, -0.1) is 0 Å². The maximum atomic E-state index is 12.1. The van der Waals surface area contributed by atoms with Crippen molar-refractivity contribution in [2.24, 2.45) is 0 Å². The van der Waals surface area contributed by atoms with Gasteiger partial charge in [-0.3, -0.25) is 0 Å². The second-order valence-corrected chi connectivity index (χ2v) is 6.93. The van der Waals surface area contributed by atoms with Gasteiger partial charge in [0.15, 0.2) is 0 Å². The van der Waals surface area contributed by atoms with E-state index in [1.807, 2.05) is 47.7 Å². The maximum absolute atomic E-state index is 12.1. The van der Waals surface area contributed by atoms with Crippen molar-refractivity contribution in [3.8, 4) is 0 Å². The molecule has 0 N–H and O–H groups in total. The third-order valence-corrected chi connectivity index (χ3v) is 3.65. The first-order chi connectivity index (χ1) is 10.2. The van der Waals surface area contributed by atoms with Crippen LogP contribution in [0.25, 0.3) is 0 Å². The van der Waals surface area contributed by atoms with E-state index in [1.165, 1.54) is 0 Å². The minimum atomic E-state index is -0.460. The third-order valence-electron chi connectivity index (χ3n) is 3.65. The molecule has 0 aromatic carbocycles. The number of nitrogens with zero attached hydrogens (tertiary/aromatic N) is 4. The Hall–Kier alpha value is -1.85. The molecule has 1 aliphatic heterocycles. The third kappa shape index (κ3) is 4.08. The van der Waals surface area contributed by atoms with Gasteiger partial charge >= 0.3 is 6.09 Å². The summed E-state index contributed by atoms with van der Waals surface area (Å²) in [5, 5.41) is 0. The highest BCUT2D eigenvalue weighted by Crippen LogP contribution is 2.21. The van der Waals surface area contributed by atoms with Crippen LogP contribution in [0.4, 0.5) is 10.7 Å². The number of likely N-dealkylation sites (tertiary alicyclic amines) is 1. The smallest absolute Gasteiger partial charge is 0.410 e. The quantitative estimate of drug-likeness (QED) is 0.840. The number of amides is 1. The molecule has 0 spiro atoms. The number of carbonyl (C=O) groups excluding carboxylic acids is 1. The van der Waals surface area contributed by atoms with E-state index in [1.54, 1.807) is 4.90 Å². The Labute approximate surface area is 132 Å². The van der Waals surface area contributed by atoms with Crippen molar-refractivity contribution < 1.29 is 9.53 Å². The number of ether oxygens (including phenoxy) is 1. The molecule has 2 heterocycles. The number of hydrogen-bond donors (Lipinski definition) is 0. The zero-order valence-corrected chi connectivity index (χ0v) is 14.4. The summed E-state index contributed by atoms with van der Waals surface area (Å²) >= 11 is 0. The average molecular weight is 306 g/mol. The van der Waals surface area contributed by atoms with Crippen molar-refractivity contribution in [1.29, 1.82) is 0 Å². The molecule has 6 heteroatoms. The first-order valence-corrected chi connectivity index (χ1v) is 7.69. The molecule has 1 aromatic heterocycles. The van der Waals surface area contributed by atoms with Crippen LogP contribution in [0, 0.1) is 13.8 Å². The summed E-state index contributed by atoms with van der Waals surface area (Å²) in [6.07, 6.45) is 0.649. The Morgan fingerprint density at radius 1 is 1.32 bits per heavy atom. The summed E-state index contributed by atoms with van der Waals surface area (Å²) in [6.45, 7) is 10.9. The fraction of sp³-hybridized carbons (Fsp3) is 0.688. The minimum Gasteiger partial charge on any atom is -0.444 e. The van der Waals surface area contributed by atoms with E-state index < -0.39 is 5.60 Å². The Morgan fingerprint density at radius 2 is 1.91 bits per heavy atom. The molecule has 2 rings (SSSR count). The Kier molecular flexibility index (Phi) is 4.58. The maximum Gasteiger partial charge on any atom is 0.410 e. The van der Waals surface area contributed by atoms with E-state index in [-0.39, 0.29) is 12.1 Å². The molecule has 0 saturated carbocycles. The van der Waals surface area contributed by atoms with Crippen molar-refractivity contribution in [3.05, 3.63) is 17.5 Å². The number of hydrogen-bond acceptors (Lipinski definition) is 5. The molecule has 1 amide bonds. The van der Waals surface area contributed by atoms with Crippen LogP contribution in [0.5, 0.6) is 0 Å². The summed E-state index contributed by atoms with van der Waals surface area (Å²) in [6, 6.07) is 2.17. The molecule has 1 aromatic rings. The fourth-order valence-corrected chi connectivity index (χ4v) is 2.58. The second-order valence-electron chi connectivity index (χ2n) is 6.93. The van der Waals surface area contributed by atoms with Gasteiger partial charge < -0.3 is 14.5 Å². The normalized spacial score (nSPS) is 18.5. The molecule has 0 radical (unpaired) electrons. The SMILES string of the molecule is Cc1cc(C)nc(N(C)[C@H]2CCN(C(=O)OC(C)(C)C)C2)n1. The zero-order valence-electron chi connectivity index (χ0n) is 14.4. The van der Waals surface area contributed by atoms with Crippen LogP contribution in [0.15, 0.2) is 6.07 Å². The molecule has 1 aliphatic rings. The van der Waals surface area contributed by atoms with E-state index in [2.05, 4.69) is 14.9 Å². The topological polar surface area (TPSA) is 58.6 Å². The van der Waals surface area contributed by atoms with Crippen LogP contribution in [-0.2, 0) is 4.74 Å². The lowest BCUT2D eigenvalue weighted by Crippen LogP contribution is -2.39. The van der Waals surface area contributed by atoms with Crippen molar-refractivity contribution in [2.75, 3.05) is 25.0 Å². The van der Waals surface area contributed by atoms with Crippen LogP contribution in [0.2, 0.25) is 0 Å². The number of likely N-dealkylation sites (N-methyl/N-ethyl adjacent to an activating group) is 1. The van der Waals surface area contributed by atoms with Crippen molar-refractivity contribution in [3.63, 3.8) is 0 Å². The summed E-state index contributed by atoms with van der Waals surface area (Å²) in [5.74, 6) is 0.716. The molecule has 0 aliphatic carbocycles. The van der Waals surface area contributed by atoms with E-state index in [0.717, 1.165) is 17.8 Å². The molecule has 0 bridgehead atoms. The van der Waals surface area contributed by atoms with Gasteiger partial charge in [0.2, 0.25) is 5.95 Å². The summed E-state index contributed by atoms with van der Waals surface area (Å²) < 4.78 is 5.43. The van der Waals surface area contributed by atoms with Gasteiger partial charge in [-0.05, 0) is 47.1 Å². The Balaban J connectivity index is 2.02. The van der Waals surface area contributed by atoms with Crippen molar-refractivity contribution >= 4 is 12.0 Å².